The molecule has 0 radical (unpaired) electrons. The number of thioether (sulfide) groups is 1. The Kier molecular flexibility index (Phi) is 5.26. The lowest BCUT2D eigenvalue weighted by molar-refractivity contribution is 0.173. The Bertz CT molecular complexity index is 603. The first-order valence-electron chi connectivity index (χ1n) is 7.76. The van der Waals surface area contributed by atoms with Crippen molar-refractivity contribution in [2.75, 3.05) is 26.1 Å². The van der Waals surface area contributed by atoms with E-state index in [9.17, 15) is 0 Å². The Morgan fingerprint density at radius 2 is 2.26 bits per heavy atom. The van der Waals surface area contributed by atoms with Crippen LogP contribution in [0.3, 0.4) is 0 Å². The zero-order valence-electron chi connectivity index (χ0n) is 13.4. The maximum absolute atomic E-state index is 5.45. The number of nitrogens with one attached hydrogen (secondary N) is 2. The van der Waals surface area contributed by atoms with Crippen LogP contribution >= 0.6 is 27.7 Å². The van der Waals surface area contributed by atoms with Gasteiger partial charge in [-0.1, -0.05) is 0 Å². The number of hydrogen-bond acceptors (Lipinski definition) is 4. The molecule has 2 aliphatic rings. The van der Waals surface area contributed by atoms with Crippen molar-refractivity contribution < 1.29 is 9.47 Å². The molecule has 0 aromatic heterocycles. The number of rotatable bonds is 4. The predicted octanol–water partition coefficient (Wildman–Crippen LogP) is 3.13. The minimum absolute atomic E-state index is 0.282. The highest BCUT2D eigenvalue weighted by atomic mass is 79.9. The third-order valence-electron chi connectivity index (χ3n) is 4.10. The Balaban J connectivity index is 1.55. The van der Waals surface area contributed by atoms with Gasteiger partial charge in [0.05, 0.1) is 4.47 Å². The van der Waals surface area contributed by atoms with Gasteiger partial charge in [-0.05, 0) is 59.1 Å². The zero-order valence-corrected chi connectivity index (χ0v) is 15.8. The first-order valence-corrected chi connectivity index (χ1v) is 9.54. The van der Waals surface area contributed by atoms with E-state index >= 15 is 0 Å². The zero-order chi connectivity index (χ0) is 16.3. The highest BCUT2D eigenvalue weighted by Crippen LogP contribution is 2.40. The molecule has 5 nitrogen and oxygen atoms in total. The fourth-order valence-electron chi connectivity index (χ4n) is 2.78. The largest absolute Gasteiger partial charge is 0.454 e. The van der Waals surface area contributed by atoms with E-state index in [-0.39, 0.29) is 6.79 Å². The molecular weight excluding hydrogens is 378 g/mol. The van der Waals surface area contributed by atoms with Crippen LogP contribution in [0.1, 0.15) is 25.3 Å². The molecule has 7 heteroatoms. The van der Waals surface area contributed by atoms with Gasteiger partial charge >= 0.3 is 0 Å². The molecule has 0 bridgehead atoms. The number of ether oxygens (including phenoxy) is 2. The lowest BCUT2D eigenvalue weighted by Crippen LogP contribution is -2.43. The van der Waals surface area contributed by atoms with Crippen LogP contribution in [0.4, 0.5) is 0 Å². The Labute approximate surface area is 149 Å². The lowest BCUT2D eigenvalue weighted by atomic mass is 10.1. The van der Waals surface area contributed by atoms with Crippen LogP contribution in [0, 0.1) is 0 Å². The van der Waals surface area contributed by atoms with Crippen molar-refractivity contribution in [1.82, 2.24) is 10.6 Å². The summed E-state index contributed by atoms with van der Waals surface area (Å²) >= 11 is 5.57. The van der Waals surface area contributed by atoms with Crippen molar-refractivity contribution in [3.05, 3.63) is 22.2 Å². The third kappa shape index (κ3) is 4.07. The van der Waals surface area contributed by atoms with Crippen molar-refractivity contribution >= 4 is 33.7 Å². The van der Waals surface area contributed by atoms with Crippen LogP contribution < -0.4 is 20.1 Å². The number of nitrogens with zero attached hydrogens (tertiary/aromatic N) is 1. The number of aliphatic imine (C=N–C) groups is 1. The van der Waals surface area contributed by atoms with Gasteiger partial charge in [0.25, 0.3) is 0 Å². The summed E-state index contributed by atoms with van der Waals surface area (Å²) in [7, 11) is 1.80. The Morgan fingerprint density at radius 1 is 1.39 bits per heavy atom. The van der Waals surface area contributed by atoms with Crippen LogP contribution in [-0.4, -0.2) is 36.8 Å². The van der Waals surface area contributed by atoms with Gasteiger partial charge in [-0.25, -0.2) is 0 Å². The van der Waals surface area contributed by atoms with Gasteiger partial charge in [0, 0.05) is 24.9 Å². The molecule has 1 atom stereocenters. The number of guanidine groups is 1. The van der Waals surface area contributed by atoms with Crippen LogP contribution in [0.2, 0.25) is 0 Å². The van der Waals surface area contributed by atoms with Crippen LogP contribution in [0.5, 0.6) is 11.5 Å². The average Bonchev–Trinajstić information content (AvgIpc) is 3.17. The van der Waals surface area contributed by atoms with Crippen LogP contribution in [-0.2, 0) is 6.54 Å². The summed E-state index contributed by atoms with van der Waals surface area (Å²) in [6, 6.07) is 4.05. The lowest BCUT2D eigenvalue weighted by Gasteiger charge is -2.24. The van der Waals surface area contributed by atoms with Crippen molar-refractivity contribution in [2.24, 2.45) is 4.99 Å². The molecule has 0 amide bonds. The summed E-state index contributed by atoms with van der Waals surface area (Å²) in [5, 5.41) is 6.80. The summed E-state index contributed by atoms with van der Waals surface area (Å²) < 4.78 is 12.1. The fraction of sp³-hybridized carbons (Fsp3) is 0.562. The second-order valence-corrected chi connectivity index (χ2v) is 8.53. The molecule has 2 heterocycles. The third-order valence-corrected chi connectivity index (χ3v) is 6.23. The van der Waals surface area contributed by atoms with Gasteiger partial charge in [0.1, 0.15) is 0 Å². The molecule has 3 rings (SSSR count). The van der Waals surface area contributed by atoms with Crippen molar-refractivity contribution in [3.8, 4) is 11.5 Å². The number of halogens is 1. The van der Waals surface area contributed by atoms with Gasteiger partial charge in [0.15, 0.2) is 17.5 Å². The second kappa shape index (κ2) is 7.21. The molecule has 2 N–H and O–H groups in total. The van der Waals surface area contributed by atoms with Crippen LogP contribution in [0.25, 0.3) is 0 Å². The normalized spacial score (nSPS) is 23.2. The minimum atomic E-state index is 0.282. The van der Waals surface area contributed by atoms with E-state index in [1.807, 2.05) is 23.9 Å². The van der Waals surface area contributed by atoms with Gasteiger partial charge in [0.2, 0.25) is 6.79 Å². The monoisotopic (exact) mass is 399 g/mol. The summed E-state index contributed by atoms with van der Waals surface area (Å²) in [5.74, 6) is 3.65. The van der Waals surface area contributed by atoms with Gasteiger partial charge < -0.3 is 20.1 Å². The molecular formula is C16H22BrN3O2S. The molecule has 126 valence electrons. The quantitative estimate of drug-likeness (QED) is 0.601. The standard InChI is InChI=1S/C16H22BrN3O2S/c1-16(4-3-5-23-16)9-20-15(18-2)19-8-11-6-12(17)14-13(7-11)21-10-22-14/h6-7H,3-5,8-10H2,1-2H3,(H2,18,19,20). The Hall–Kier alpha value is -1.08. The molecule has 2 aliphatic heterocycles. The van der Waals surface area contributed by atoms with Gasteiger partial charge in [-0.15, -0.1) is 0 Å². The SMILES string of the molecule is CN=C(NCc1cc(Br)c2c(c1)OCO2)NCC1(C)CCCS1. The summed E-state index contributed by atoms with van der Waals surface area (Å²) in [6.07, 6.45) is 2.57. The molecule has 23 heavy (non-hydrogen) atoms. The van der Waals surface area contributed by atoms with E-state index in [4.69, 9.17) is 9.47 Å². The summed E-state index contributed by atoms with van der Waals surface area (Å²) in [4.78, 5) is 4.31. The van der Waals surface area contributed by atoms with Crippen molar-refractivity contribution in [2.45, 2.75) is 31.1 Å². The topological polar surface area (TPSA) is 54.9 Å². The van der Waals surface area contributed by atoms with Gasteiger partial charge in [-0.3, -0.25) is 4.99 Å². The molecule has 1 unspecified atom stereocenters. The molecule has 1 saturated heterocycles. The molecule has 0 saturated carbocycles. The molecule has 1 aromatic carbocycles. The van der Waals surface area contributed by atoms with E-state index in [2.05, 4.69) is 38.5 Å². The first-order chi connectivity index (χ1) is 11.1. The average molecular weight is 400 g/mol. The molecule has 1 fully saturated rings. The second-order valence-electron chi connectivity index (χ2n) is 5.99. The Morgan fingerprint density at radius 3 is 3.00 bits per heavy atom. The van der Waals surface area contributed by atoms with Crippen molar-refractivity contribution in [1.29, 1.82) is 0 Å². The van der Waals surface area contributed by atoms with Gasteiger partial charge in [-0.2, -0.15) is 11.8 Å². The fourth-order valence-corrected chi connectivity index (χ4v) is 4.62. The highest BCUT2D eigenvalue weighted by molar-refractivity contribution is 9.10. The number of benzene rings is 1. The van der Waals surface area contributed by atoms with Crippen molar-refractivity contribution in [3.63, 3.8) is 0 Å². The predicted molar refractivity (Wildman–Crippen MR) is 98.6 cm³/mol. The molecule has 0 spiro atoms. The maximum Gasteiger partial charge on any atom is 0.231 e. The van der Waals surface area contributed by atoms with E-state index in [1.54, 1.807) is 7.05 Å². The van der Waals surface area contributed by atoms with Crippen LogP contribution in [0.15, 0.2) is 21.6 Å². The summed E-state index contributed by atoms with van der Waals surface area (Å²) in [5.41, 5.74) is 1.12. The molecule has 1 aromatic rings. The molecule has 0 aliphatic carbocycles. The van der Waals surface area contributed by atoms with E-state index < -0.39 is 0 Å². The number of fused-ring (bicyclic) bond motifs is 1. The van der Waals surface area contributed by atoms with E-state index in [1.165, 1.54) is 18.6 Å². The highest BCUT2D eigenvalue weighted by Gasteiger charge is 2.29. The smallest absolute Gasteiger partial charge is 0.231 e. The number of hydrogen-bond donors (Lipinski definition) is 2. The van der Waals surface area contributed by atoms with E-state index in [0.717, 1.165) is 34.0 Å². The van der Waals surface area contributed by atoms with E-state index in [0.29, 0.717) is 11.3 Å². The first kappa shape index (κ1) is 16.8. The maximum atomic E-state index is 5.45. The summed E-state index contributed by atoms with van der Waals surface area (Å²) in [6.45, 7) is 4.21. The minimum Gasteiger partial charge on any atom is -0.454 e.